The summed E-state index contributed by atoms with van der Waals surface area (Å²) < 4.78 is 4.99. The zero-order valence-corrected chi connectivity index (χ0v) is 18.6. The summed E-state index contributed by atoms with van der Waals surface area (Å²) in [6, 6.07) is 17.2. The van der Waals surface area contributed by atoms with Gasteiger partial charge in [0, 0.05) is 22.2 Å². The predicted octanol–water partition coefficient (Wildman–Crippen LogP) is 5.12. The van der Waals surface area contributed by atoms with Crippen molar-refractivity contribution < 1.29 is 14.5 Å². The zero-order valence-electron chi connectivity index (χ0n) is 17.8. The van der Waals surface area contributed by atoms with Crippen molar-refractivity contribution in [2.45, 2.75) is 19.8 Å². The molecule has 2 aromatic carbocycles. The van der Waals surface area contributed by atoms with Crippen LogP contribution in [0.1, 0.15) is 25.3 Å². The minimum atomic E-state index is -0.890. The maximum atomic E-state index is 12.7. The summed E-state index contributed by atoms with van der Waals surface area (Å²) >= 11 is 1.46. The van der Waals surface area contributed by atoms with Crippen LogP contribution in [0.5, 0.6) is 0 Å². The van der Waals surface area contributed by atoms with E-state index in [9.17, 15) is 14.9 Å². The van der Waals surface area contributed by atoms with Gasteiger partial charge in [0.25, 0.3) is 5.70 Å². The summed E-state index contributed by atoms with van der Waals surface area (Å²) in [6.45, 7) is 3.36. The zero-order chi connectivity index (χ0) is 22.8. The number of aromatic nitrogens is 1. The highest BCUT2D eigenvalue weighted by Gasteiger charge is 2.42. The van der Waals surface area contributed by atoms with Crippen molar-refractivity contribution in [3.05, 3.63) is 98.3 Å². The van der Waals surface area contributed by atoms with Crippen molar-refractivity contribution >= 4 is 17.3 Å². The molecule has 0 amide bonds. The molecular formula is C24H21N3O4S. The van der Waals surface area contributed by atoms with E-state index in [0.29, 0.717) is 17.0 Å². The molecule has 0 spiro atoms. The predicted molar refractivity (Wildman–Crippen MR) is 123 cm³/mol. The molecule has 0 saturated carbocycles. The summed E-state index contributed by atoms with van der Waals surface area (Å²) in [5.74, 6) is -1.50. The number of dihydropyridines is 1. The van der Waals surface area contributed by atoms with Crippen LogP contribution >= 0.6 is 11.3 Å². The van der Waals surface area contributed by atoms with Crippen LogP contribution in [-0.4, -0.2) is 23.0 Å². The molecule has 162 valence electrons. The molecule has 0 aliphatic carbocycles. The van der Waals surface area contributed by atoms with E-state index in [2.05, 4.69) is 5.32 Å². The van der Waals surface area contributed by atoms with Crippen molar-refractivity contribution in [1.29, 1.82) is 0 Å². The van der Waals surface area contributed by atoms with Crippen LogP contribution in [0.25, 0.3) is 21.8 Å². The fourth-order valence-corrected chi connectivity index (χ4v) is 4.87. The Morgan fingerprint density at radius 3 is 2.47 bits per heavy atom. The van der Waals surface area contributed by atoms with E-state index in [4.69, 9.17) is 9.72 Å². The lowest BCUT2D eigenvalue weighted by atomic mass is 9.82. The van der Waals surface area contributed by atoms with Gasteiger partial charge in [0.15, 0.2) is 0 Å². The molecule has 0 fully saturated rings. The average Bonchev–Trinajstić information content (AvgIpc) is 3.28. The first-order chi connectivity index (χ1) is 15.4. The second-order valence-electron chi connectivity index (χ2n) is 7.35. The fourth-order valence-electron chi connectivity index (χ4n) is 3.99. The first-order valence-corrected chi connectivity index (χ1v) is 10.8. The van der Waals surface area contributed by atoms with E-state index in [0.717, 1.165) is 21.8 Å². The Bertz CT molecular complexity index is 1260. The molecular weight excluding hydrogens is 426 g/mol. The van der Waals surface area contributed by atoms with Gasteiger partial charge in [-0.15, -0.1) is 11.3 Å². The molecule has 4 rings (SSSR count). The molecule has 1 atom stereocenters. The SMILES string of the molecule is COC(=O)C1=C(C)NC(C)=C([N+](=O)[O-])C1c1ccccc1-c1nc(-c2ccccc2)cs1. The monoisotopic (exact) mass is 447 g/mol. The number of hydrogen-bond donors (Lipinski definition) is 1. The number of allylic oxidation sites excluding steroid dienone is 3. The van der Waals surface area contributed by atoms with Gasteiger partial charge < -0.3 is 10.1 Å². The van der Waals surface area contributed by atoms with Crippen LogP contribution in [0.4, 0.5) is 0 Å². The Hall–Kier alpha value is -3.78. The minimum absolute atomic E-state index is 0.0803. The smallest absolute Gasteiger partial charge is 0.336 e. The van der Waals surface area contributed by atoms with E-state index < -0.39 is 16.8 Å². The second-order valence-corrected chi connectivity index (χ2v) is 8.20. The molecule has 1 unspecified atom stereocenters. The molecule has 3 aromatic rings. The highest BCUT2D eigenvalue weighted by Crippen LogP contribution is 2.43. The van der Waals surface area contributed by atoms with E-state index in [1.54, 1.807) is 13.8 Å². The maximum absolute atomic E-state index is 12.7. The average molecular weight is 448 g/mol. The Labute approximate surface area is 189 Å². The third-order valence-corrected chi connectivity index (χ3v) is 6.28. The van der Waals surface area contributed by atoms with Crippen molar-refractivity contribution in [2.75, 3.05) is 7.11 Å². The van der Waals surface area contributed by atoms with E-state index in [-0.39, 0.29) is 11.3 Å². The highest BCUT2D eigenvalue weighted by atomic mass is 32.1. The van der Waals surface area contributed by atoms with Gasteiger partial charge in [-0.2, -0.15) is 0 Å². The molecule has 1 aliphatic heterocycles. The Kier molecular flexibility index (Phi) is 5.87. The van der Waals surface area contributed by atoms with Crippen LogP contribution < -0.4 is 5.32 Å². The summed E-state index contributed by atoms with van der Waals surface area (Å²) in [5, 5.41) is 17.7. The molecule has 1 aliphatic rings. The molecule has 32 heavy (non-hydrogen) atoms. The maximum Gasteiger partial charge on any atom is 0.336 e. The molecule has 7 nitrogen and oxygen atoms in total. The molecule has 1 aromatic heterocycles. The lowest BCUT2D eigenvalue weighted by molar-refractivity contribution is -0.431. The number of carbonyl (C=O) groups is 1. The van der Waals surface area contributed by atoms with Crippen molar-refractivity contribution in [2.24, 2.45) is 0 Å². The number of methoxy groups -OCH3 is 1. The van der Waals surface area contributed by atoms with Gasteiger partial charge in [0.2, 0.25) is 0 Å². The Morgan fingerprint density at radius 1 is 1.09 bits per heavy atom. The Morgan fingerprint density at radius 2 is 1.78 bits per heavy atom. The van der Waals surface area contributed by atoms with Gasteiger partial charge in [-0.3, -0.25) is 10.1 Å². The summed E-state index contributed by atoms with van der Waals surface area (Å²) in [5.41, 5.74) is 4.25. The topological polar surface area (TPSA) is 94.4 Å². The van der Waals surface area contributed by atoms with E-state index in [1.165, 1.54) is 18.4 Å². The number of nitrogens with zero attached hydrogens (tertiary/aromatic N) is 2. The van der Waals surface area contributed by atoms with E-state index in [1.807, 2.05) is 60.0 Å². The van der Waals surface area contributed by atoms with Crippen molar-refractivity contribution in [3.63, 3.8) is 0 Å². The second kappa shape index (κ2) is 8.76. The molecule has 0 radical (unpaired) electrons. The molecule has 1 N–H and O–H groups in total. The largest absolute Gasteiger partial charge is 0.466 e. The van der Waals surface area contributed by atoms with Gasteiger partial charge in [-0.25, -0.2) is 9.78 Å². The Balaban J connectivity index is 1.90. The number of ether oxygens (including phenoxy) is 1. The van der Waals surface area contributed by atoms with Crippen LogP contribution in [0.3, 0.4) is 0 Å². The van der Waals surface area contributed by atoms with Crippen molar-refractivity contribution in [1.82, 2.24) is 10.3 Å². The molecule has 0 saturated heterocycles. The number of nitro groups is 1. The number of nitrogens with one attached hydrogen (secondary N) is 1. The lowest BCUT2D eigenvalue weighted by Crippen LogP contribution is -2.31. The standard InChI is InChI=1S/C24H21N3O4S/c1-14-20(24(28)31-3)21(22(27(29)30)15(2)25-14)17-11-7-8-12-18(17)23-26-19(13-32-23)16-9-5-4-6-10-16/h4-13,21,25H,1-3H3. The van der Waals surface area contributed by atoms with Gasteiger partial charge in [-0.1, -0.05) is 54.6 Å². The first-order valence-electron chi connectivity index (χ1n) is 9.94. The number of rotatable bonds is 5. The van der Waals surface area contributed by atoms with Gasteiger partial charge >= 0.3 is 5.97 Å². The third kappa shape index (κ3) is 3.80. The third-order valence-electron chi connectivity index (χ3n) is 5.40. The van der Waals surface area contributed by atoms with Crippen LogP contribution in [-0.2, 0) is 9.53 Å². The van der Waals surface area contributed by atoms with Gasteiger partial charge in [0.1, 0.15) is 10.9 Å². The quantitative estimate of drug-likeness (QED) is 0.331. The van der Waals surface area contributed by atoms with Crippen LogP contribution in [0, 0.1) is 10.1 Å². The fraction of sp³-hybridized carbons (Fsp3) is 0.167. The number of carbonyl (C=O) groups excluding carboxylic acids is 1. The molecule has 8 heteroatoms. The van der Waals surface area contributed by atoms with Gasteiger partial charge in [0.05, 0.1) is 29.0 Å². The van der Waals surface area contributed by atoms with Crippen LogP contribution in [0.15, 0.2) is 82.6 Å². The normalized spacial score (nSPS) is 16.0. The number of benzene rings is 2. The minimum Gasteiger partial charge on any atom is -0.466 e. The highest BCUT2D eigenvalue weighted by molar-refractivity contribution is 7.13. The number of hydrogen-bond acceptors (Lipinski definition) is 7. The first kappa shape index (κ1) is 21.5. The number of esters is 1. The molecule has 2 heterocycles. The van der Waals surface area contributed by atoms with Crippen molar-refractivity contribution in [3.8, 4) is 21.8 Å². The summed E-state index contributed by atoms with van der Waals surface area (Å²) in [4.78, 5) is 29.1. The summed E-state index contributed by atoms with van der Waals surface area (Å²) in [6.07, 6.45) is 0. The van der Waals surface area contributed by atoms with E-state index >= 15 is 0 Å². The van der Waals surface area contributed by atoms with Crippen LogP contribution in [0.2, 0.25) is 0 Å². The summed E-state index contributed by atoms with van der Waals surface area (Å²) in [7, 11) is 1.27. The molecule has 0 bridgehead atoms. The number of thiazole rings is 1. The van der Waals surface area contributed by atoms with Gasteiger partial charge in [-0.05, 0) is 19.4 Å². The lowest BCUT2D eigenvalue weighted by Gasteiger charge is -2.27.